The molecule has 6 nitrogen and oxygen atoms in total. The quantitative estimate of drug-likeness (QED) is 0.325. The molecule has 0 bridgehead atoms. The van der Waals surface area contributed by atoms with Crippen molar-refractivity contribution in [1.29, 1.82) is 0 Å². The number of aliphatic imine (C=N–C) groups is 1. The first-order valence-electron chi connectivity index (χ1n) is 9.35. The number of halogens is 1. The van der Waals surface area contributed by atoms with E-state index >= 15 is 0 Å². The second-order valence-electron chi connectivity index (χ2n) is 6.78. The summed E-state index contributed by atoms with van der Waals surface area (Å²) in [6.07, 6.45) is 2.16. The molecule has 2 heterocycles. The van der Waals surface area contributed by atoms with E-state index in [9.17, 15) is 0 Å². The van der Waals surface area contributed by atoms with Gasteiger partial charge >= 0.3 is 0 Å². The Morgan fingerprint density at radius 3 is 2.64 bits per heavy atom. The zero-order valence-corrected chi connectivity index (χ0v) is 18.3. The molecule has 1 aromatic heterocycles. The van der Waals surface area contributed by atoms with Gasteiger partial charge in [0, 0.05) is 18.7 Å². The Balaban J connectivity index is 0.00000225. The van der Waals surface area contributed by atoms with Crippen LogP contribution in [0, 0.1) is 6.92 Å². The molecular formula is C21H25IN6. The van der Waals surface area contributed by atoms with Crippen LogP contribution >= 0.6 is 24.0 Å². The number of nitrogens with one attached hydrogen (secondary N) is 2. The predicted octanol–water partition coefficient (Wildman–Crippen LogP) is 3.91. The number of para-hydroxylation sites is 1. The molecule has 7 heteroatoms. The van der Waals surface area contributed by atoms with Gasteiger partial charge in [-0.25, -0.2) is 4.99 Å². The maximum atomic E-state index is 4.75. The van der Waals surface area contributed by atoms with Crippen LogP contribution in [0.3, 0.4) is 0 Å². The van der Waals surface area contributed by atoms with Gasteiger partial charge in [0.15, 0.2) is 11.8 Å². The Hall–Kier alpha value is -2.42. The van der Waals surface area contributed by atoms with Gasteiger partial charge in [0.1, 0.15) is 5.82 Å². The van der Waals surface area contributed by atoms with Crippen LogP contribution in [0.1, 0.15) is 29.2 Å². The fourth-order valence-electron chi connectivity index (χ4n) is 3.17. The molecule has 0 saturated carbocycles. The van der Waals surface area contributed by atoms with Crippen LogP contribution in [0.15, 0.2) is 59.6 Å². The molecule has 146 valence electrons. The van der Waals surface area contributed by atoms with E-state index in [1.165, 1.54) is 11.1 Å². The molecule has 2 N–H and O–H groups in total. The lowest BCUT2D eigenvalue weighted by molar-refractivity contribution is 0.669. The third-order valence-electron chi connectivity index (χ3n) is 4.68. The molecule has 2 aromatic carbocycles. The minimum absolute atomic E-state index is 0. The third kappa shape index (κ3) is 5.09. The van der Waals surface area contributed by atoms with Crippen LogP contribution in [0.2, 0.25) is 0 Å². The van der Waals surface area contributed by atoms with Crippen LogP contribution in [0.4, 0.5) is 5.69 Å². The Labute approximate surface area is 182 Å². The Morgan fingerprint density at radius 1 is 1.07 bits per heavy atom. The SMILES string of the molecule is Cc1ccc(CN=C(NCc2nnc3n2CCC3)Nc2ccccc2)cc1.I. The molecule has 4 rings (SSSR count). The summed E-state index contributed by atoms with van der Waals surface area (Å²) >= 11 is 0. The van der Waals surface area contributed by atoms with E-state index in [-0.39, 0.29) is 24.0 Å². The van der Waals surface area contributed by atoms with Crippen molar-refractivity contribution in [3.63, 3.8) is 0 Å². The van der Waals surface area contributed by atoms with Crippen molar-refractivity contribution in [2.45, 2.75) is 39.4 Å². The van der Waals surface area contributed by atoms with Crippen molar-refractivity contribution in [3.8, 4) is 0 Å². The van der Waals surface area contributed by atoms with E-state index in [2.05, 4.69) is 56.6 Å². The summed E-state index contributed by atoms with van der Waals surface area (Å²) in [5.41, 5.74) is 3.43. The number of anilines is 1. The number of aromatic nitrogens is 3. The minimum Gasteiger partial charge on any atom is -0.349 e. The number of aryl methyl sites for hydroxylation is 2. The molecule has 0 spiro atoms. The second kappa shape index (κ2) is 9.68. The first-order chi connectivity index (χ1) is 13.3. The number of fused-ring (bicyclic) bond motifs is 1. The molecule has 1 aliphatic rings. The van der Waals surface area contributed by atoms with Gasteiger partial charge in [0.2, 0.25) is 0 Å². The summed E-state index contributed by atoms with van der Waals surface area (Å²) in [4.78, 5) is 4.75. The summed E-state index contributed by atoms with van der Waals surface area (Å²) in [6.45, 7) is 4.30. The summed E-state index contributed by atoms with van der Waals surface area (Å²) in [6, 6.07) is 18.5. The molecule has 0 unspecified atom stereocenters. The maximum absolute atomic E-state index is 4.75. The van der Waals surface area contributed by atoms with Gasteiger partial charge in [0.05, 0.1) is 13.1 Å². The van der Waals surface area contributed by atoms with Gasteiger partial charge < -0.3 is 15.2 Å². The van der Waals surface area contributed by atoms with Crippen molar-refractivity contribution in [2.24, 2.45) is 4.99 Å². The second-order valence-corrected chi connectivity index (χ2v) is 6.78. The van der Waals surface area contributed by atoms with Gasteiger partial charge in [-0.1, -0.05) is 48.0 Å². The zero-order valence-electron chi connectivity index (χ0n) is 15.9. The number of nitrogens with zero attached hydrogens (tertiary/aromatic N) is 4. The van der Waals surface area contributed by atoms with Gasteiger partial charge in [-0.2, -0.15) is 0 Å². The van der Waals surface area contributed by atoms with Crippen LogP contribution < -0.4 is 10.6 Å². The Kier molecular flexibility index (Phi) is 7.02. The normalized spacial score (nSPS) is 13.0. The zero-order chi connectivity index (χ0) is 18.5. The molecule has 1 aliphatic heterocycles. The molecule has 0 radical (unpaired) electrons. The van der Waals surface area contributed by atoms with E-state index in [1.54, 1.807) is 0 Å². The van der Waals surface area contributed by atoms with E-state index in [0.717, 1.165) is 42.7 Å². The smallest absolute Gasteiger partial charge is 0.196 e. The molecular weight excluding hydrogens is 463 g/mol. The first kappa shape index (κ1) is 20.3. The number of rotatable bonds is 5. The van der Waals surface area contributed by atoms with E-state index in [4.69, 9.17) is 4.99 Å². The topological polar surface area (TPSA) is 67.1 Å². The number of benzene rings is 2. The van der Waals surface area contributed by atoms with Crippen LogP contribution in [-0.4, -0.2) is 20.7 Å². The lowest BCUT2D eigenvalue weighted by Gasteiger charge is -2.13. The molecule has 0 atom stereocenters. The summed E-state index contributed by atoms with van der Waals surface area (Å²) in [7, 11) is 0. The predicted molar refractivity (Wildman–Crippen MR) is 123 cm³/mol. The fourth-order valence-corrected chi connectivity index (χ4v) is 3.17. The average molecular weight is 488 g/mol. The number of guanidine groups is 1. The van der Waals surface area contributed by atoms with Crippen LogP contribution in [-0.2, 0) is 26.1 Å². The largest absolute Gasteiger partial charge is 0.349 e. The van der Waals surface area contributed by atoms with Gasteiger partial charge in [-0.15, -0.1) is 34.2 Å². The number of hydrogen-bond donors (Lipinski definition) is 2. The highest BCUT2D eigenvalue weighted by atomic mass is 127. The molecule has 0 saturated heterocycles. The van der Waals surface area contributed by atoms with E-state index in [1.807, 2.05) is 30.3 Å². The van der Waals surface area contributed by atoms with Crippen molar-refractivity contribution < 1.29 is 0 Å². The standard InChI is InChI=1S/C21H24N6.HI/c1-16-9-11-17(12-10-16)14-22-21(24-18-6-3-2-4-7-18)23-15-20-26-25-19-8-5-13-27(19)20;/h2-4,6-7,9-12H,5,8,13-15H2,1H3,(H2,22,23,24);1H. The van der Waals surface area contributed by atoms with Crippen molar-refractivity contribution in [1.82, 2.24) is 20.1 Å². The van der Waals surface area contributed by atoms with Gasteiger partial charge in [-0.3, -0.25) is 0 Å². The highest BCUT2D eigenvalue weighted by Gasteiger charge is 2.17. The summed E-state index contributed by atoms with van der Waals surface area (Å²) in [5, 5.41) is 15.4. The molecule has 28 heavy (non-hydrogen) atoms. The molecule has 0 amide bonds. The van der Waals surface area contributed by atoms with Crippen LogP contribution in [0.25, 0.3) is 0 Å². The highest BCUT2D eigenvalue weighted by molar-refractivity contribution is 14.0. The average Bonchev–Trinajstić information content (AvgIpc) is 3.30. The number of hydrogen-bond acceptors (Lipinski definition) is 3. The van der Waals surface area contributed by atoms with Gasteiger partial charge in [0.25, 0.3) is 0 Å². The summed E-state index contributed by atoms with van der Waals surface area (Å²) < 4.78 is 2.20. The molecule has 0 fully saturated rings. The molecule has 0 aliphatic carbocycles. The first-order valence-corrected chi connectivity index (χ1v) is 9.35. The van der Waals surface area contributed by atoms with E-state index < -0.39 is 0 Å². The highest BCUT2D eigenvalue weighted by Crippen LogP contribution is 2.14. The van der Waals surface area contributed by atoms with Gasteiger partial charge in [-0.05, 0) is 31.0 Å². The van der Waals surface area contributed by atoms with Crippen molar-refractivity contribution in [2.75, 3.05) is 5.32 Å². The minimum atomic E-state index is 0. The summed E-state index contributed by atoms with van der Waals surface area (Å²) in [5.74, 6) is 2.78. The third-order valence-corrected chi connectivity index (χ3v) is 4.68. The van der Waals surface area contributed by atoms with Crippen molar-refractivity contribution in [3.05, 3.63) is 77.4 Å². The molecule has 3 aromatic rings. The van der Waals surface area contributed by atoms with Crippen molar-refractivity contribution >= 4 is 35.6 Å². The monoisotopic (exact) mass is 488 g/mol. The Bertz CT molecular complexity index is 918. The lowest BCUT2D eigenvalue weighted by atomic mass is 10.1. The lowest BCUT2D eigenvalue weighted by Crippen LogP contribution is -2.31. The maximum Gasteiger partial charge on any atom is 0.196 e. The van der Waals surface area contributed by atoms with E-state index in [0.29, 0.717) is 13.1 Å². The van der Waals surface area contributed by atoms with Crippen LogP contribution in [0.5, 0.6) is 0 Å². The fraction of sp³-hybridized carbons (Fsp3) is 0.286. The Morgan fingerprint density at radius 2 is 1.86 bits per heavy atom.